The number of ether oxygens (including phenoxy) is 2. The molecule has 0 saturated heterocycles. The third kappa shape index (κ3) is 4.98. The lowest BCUT2D eigenvalue weighted by molar-refractivity contribution is 0.102. The summed E-state index contributed by atoms with van der Waals surface area (Å²) in [6.45, 7) is 2.52. The van der Waals surface area contributed by atoms with E-state index in [-0.39, 0.29) is 5.91 Å². The zero-order chi connectivity index (χ0) is 19.1. The summed E-state index contributed by atoms with van der Waals surface area (Å²) in [5.41, 5.74) is 2.61. The second kappa shape index (κ2) is 8.71. The Morgan fingerprint density at radius 3 is 2.48 bits per heavy atom. The molecule has 2 N–H and O–H groups in total. The molecule has 138 valence electrons. The zero-order valence-corrected chi connectivity index (χ0v) is 15.2. The number of pyridine rings is 1. The highest BCUT2D eigenvalue weighted by molar-refractivity contribution is 6.03. The van der Waals surface area contributed by atoms with E-state index in [1.54, 1.807) is 37.6 Å². The van der Waals surface area contributed by atoms with Gasteiger partial charge in [0.1, 0.15) is 17.2 Å². The molecule has 27 heavy (non-hydrogen) atoms. The van der Waals surface area contributed by atoms with Crippen LogP contribution >= 0.6 is 0 Å². The molecule has 6 nitrogen and oxygen atoms in total. The maximum absolute atomic E-state index is 12.5. The summed E-state index contributed by atoms with van der Waals surface area (Å²) in [4.78, 5) is 16.6. The van der Waals surface area contributed by atoms with E-state index in [0.29, 0.717) is 18.0 Å². The third-order valence-electron chi connectivity index (χ3n) is 3.77. The average molecular weight is 363 g/mol. The topological polar surface area (TPSA) is 72.5 Å². The molecule has 1 aromatic heterocycles. The van der Waals surface area contributed by atoms with E-state index in [1.807, 2.05) is 43.3 Å². The molecule has 0 unspecified atom stereocenters. The first kappa shape index (κ1) is 18.3. The van der Waals surface area contributed by atoms with E-state index < -0.39 is 0 Å². The number of amides is 1. The number of aromatic nitrogens is 1. The van der Waals surface area contributed by atoms with Crippen molar-refractivity contribution in [2.75, 3.05) is 24.4 Å². The van der Waals surface area contributed by atoms with Crippen molar-refractivity contribution >= 4 is 23.0 Å². The Kier molecular flexibility index (Phi) is 5.89. The number of anilines is 3. The van der Waals surface area contributed by atoms with Crippen molar-refractivity contribution in [1.82, 2.24) is 4.98 Å². The molecular formula is C21H21N3O3. The fraction of sp³-hybridized carbons (Fsp3) is 0.143. The van der Waals surface area contributed by atoms with Crippen molar-refractivity contribution in [3.8, 4) is 11.5 Å². The van der Waals surface area contributed by atoms with Gasteiger partial charge in [-0.3, -0.25) is 9.78 Å². The summed E-state index contributed by atoms with van der Waals surface area (Å²) in [5.74, 6) is 1.23. The van der Waals surface area contributed by atoms with Gasteiger partial charge in [-0.25, -0.2) is 0 Å². The highest BCUT2D eigenvalue weighted by Crippen LogP contribution is 2.22. The molecule has 0 aliphatic carbocycles. The van der Waals surface area contributed by atoms with Crippen LogP contribution in [-0.2, 0) is 0 Å². The first-order chi connectivity index (χ1) is 13.2. The predicted octanol–water partition coefficient (Wildman–Crippen LogP) is 4.48. The first-order valence-corrected chi connectivity index (χ1v) is 8.59. The van der Waals surface area contributed by atoms with Crippen LogP contribution in [0.2, 0.25) is 0 Å². The summed E-state index contributed by atoms with van der Waals surface area (Å²) >= 11 is 0. The number of carbonyl (C=O) groups excluding carboxylic acids is 1. The molecule has 0 spiro atoms. The minimum absolute atomic E-state index is 0.284. The normalized spacial score (nSPS) is 10.1. The van der Waals surface area contributed by atoms with Crippen LogP contribution in [0.25, 0.3) is 0 Å². The van der Waals surface area contributed by atoms with Gasteiger partial charge in [-0.1, -0.05) is 6.07 Å². The van der Waals surface area contributed by atoms with E-state index in [4.69, 9.17) is 9.47 Å². The van der Waals surface area contributed by atoms with Gasteiger partial charge in [0.15, 0.2) is 0 Å². The van der Waals surface area contributed by atoms with Gasteiger partial charge in [0.05, 0.1) is 13.7 Å². The molecule has 0 atom stereocenters. The van der Waals surface area contributed by atoms with Crippen LogP contribution in [0.5, 0.6) is 11.5 Å². The van der Waals surface area contributed by atoms with Crippen LogP contribution in [0.15, 0.2) is 66.9 Å². The number of nitrogens with one attached hydrogen (secondary N) is 2. The minimum atomic E-state index is -0.284. The van der Waals surface area contributed by atoms with Gasteiger partial charge in [0.2, 0.25) is 0 Å². The van der Waals surface area contributed by atoms with Crippen LogP contribution in [0.3, 0.4) is 0 Å². The summed E-state index contributed by atoms with van der Waals surface area (Å²) in [5, 5.41) is 6.07. The Morgan fingerprint density at radius 1 is 0.963 bits per heavy atom. The fourth-order valence-corrected chi connectivity index (χ4v) is 2.50. The van der Waals surface area contributed by atoms with Crippen molar-refractivity contribution in [1.29, 1.82) is 0 Å². The van der Waals surface area contributed by atoms with Gasteiger partial charge in [-0.15, -0.1) is 0 Å². The van der Waals surface area contributed by atoms with E-state index >= 15 is 0 Å². The highest BCUT2D eigenvalue weighted by atomic mass is 16.5. The number of rotatable bonds is 7. The van der Waals surface area contributed by atoms with Crippen molar-refractivity contribution < 1.29 is 14.3 Å². The number of carbonyl (C=O) groups is 1. The molecule has 2 aromatic carbocycles. The number of hydrogen-bond acceptors (Lipinski definition) is 5. The van der Waals surface area contributed by atoms with Gasteiger partial charge in [-0.2, -0.15) is 0 Å². The van der Waals surface area contributed by atoms with Crippen molar-refractivity contribution in [2.45, 2.75) is 6.92 Å². The fourth-order valence-electron chi connectivity index (χ4n) is 2.50. The van der Waals surface area contributed by atoms with E-state index in [2.05, 4.69) is 15.6 Å². The van der Waals surface area contributed by atoms with Gasteiger partial charge in [0, 0.05) is 29.3 Å². The van der Waals surface area contributed by atoms with E-state index in [0.717, 1.165) is 22.9 Å². The summed E-state index contributed by atoms with van der Waals surface area (Å²) < 4.78 is 10.6. The average Bonchev–Trinajstić information content (AvgIpc) is 2.70. The lowest BCUT2D eigenvalue weighted by Crippen LogP contribution is -2.13. The molecule has 3 rings (SSSR count). The Labute approximate surface area is 158 Å². The molecule has 0 fully saturated rings. The van der Waals surface area contributed by atoms with E-state index in [9.17, 15) is 4.79 Å². The zero-order valence-electron chi connectivity index (χ0n) is 15.2. The van der Waals surface area contributed by atoms with E-state index in [1.165, 1.54) is 0 Å². The second-order valence-corrected chi connectivity index (χ2v) is 5.70. The van der Waals surface area contributed by atoms with Gasteiger partial charge < -0.3 is 20.1 Å². The van der Waals surface area contributed by atoms with Crippen molar-refractivity contribution in [3.63, 3.8) is 0 Å². The number of methoxy groups -OCH3 is 1. The highest BCUT2D eigenvalue weighted by Gasteiger charge is 2.09. The summed E-state index contributed by atoms with van der Waals surface area (Å²) in [6.07, 6.45) is 1.59. The summed E-state index contributed by atoms with van der Waals surface area (Å²) in [6, 6.07) is 18.3. The van der Waals surface area contributed by atoms with Crippen LogP contribution in [0.4, 0.5) is 17.1 Å². The largest absolute Gasteiger partial charge is 0.497 e. The Morgan fingerprint density at radius 2 is 1.74 bits per heavy atom. The lowest BCUT2D eigenvalue weighted by Gasteiger charge is -2.10. The molecule has 0 aliphatic rings. The molecule has 0 bridgehead atoms. The van der Waals surface area contributed by atoms with Gasteiger partial charge >= 0.3 is 0 Å². The Bertz CT molecular complexity index is 911. The maximum atomic E-state index is 12.5. The molecule has 1 amide bonds. The Hall–Kier alpha value is -3.54. The number of benzene rings is 2. The summed E-state index contributed by atoms with van der Waals surface area (Å²) in [7, 11) is 1.62. The molecule has 1 heterocycles. The second-order valence-electron chi connectivity index (χ2n) is 5.70. The first-order valence-electron chi connectivity index (χ1n) is 8.59. The van der Waals surface area contributed by atoms with Gasteiger partial charge in [-0.05, 0) is 55.5 Å². The maximum Gasteiger partial charge on any atom is 0.274 e. The lowest BCUT2D eigenvalue weighted by atomic mass is 10.2. The molecule has 0 radical (unpaired) electrons. The van der Waals surface area contributed by atoms with Crippen molar-refractivity contribution in [3.05, 3.63) is 72.6 Å². The number of hydrogen-bond donors (Lipinski definition) is 2. The minimum Gasteiger partial charge on any atom is -0.497 e. The predicted molar refractivity (Wildman–Crippen MR) is 106 cm³/mol. The molecule has 0 aliphatic heterocycles. The van der Waals surface area contributed by atoms with Gasteiger partial charge in [0.25, 0.3) is 5.91 Å². The van der Waals surface area contributed by atoms with Crippen LogP contribution < -0.4 is 20.1 Å². The van der Waals surface area contributed by atoms with Crippen LogP contribution in [0.1, 0.15) is 17.4 Å². The molecular weight excluding hydrogens is 342 g/mol. The van der Waals surface area contributed by atoms with Crippen LogP contribution in [-0.4, -0.2) is 24.6 Å². The molecule has 0 saturated carbocycles. The van der Waals surface area contributed by atoms with Crippen molar-refractivity contribution in [2.24, 2.45) is 0 Å². The standard InChI is InChI=1S/C21H21N3O3/c1-3-27-18-9-7-15(8-10-18)24-21(25)20-14-17(11-12-22-20)23-16-5-4-6-19(13-16)26-2/h4-14H,3H2,1-2H3,(H,22,23)(H,24,25). The third-order valence-corrected chi connectivity index (χ3v) is 3.77. The molecule has 6 heteroatoms. The van der Waals surface area contributed by atoms with Crippen LogP contribution in [0, 0.1) is 0 Å². The number of nitrogens with zero attached hydrogens (tertiary/aromatic N) is 1. The Balaban J connectivity index is 1.69. The SMILES string of the molecule is CCOc1ccc(NC(=O)c2cc(Nc3cccc(OC)c3)ccn2)cc1. The smallest absolute Gasteiger partial charge is 0.274 e. The monoisotopic (exact) mass is 363 g/mol. The molecule has 3 aromatic rings. The quantitative estimate of drug-likeness (QED) is 0.647.